The van der Waals surface area contributed by atoms with Crippen LogP contribution in [0.25, 0.3) is 0 Å². The van der Waals surface area contributed by atoms with Gasteiger partial charge in [-0.2, -0.15) is 0 Å². The quantitative estimate of drug-likeness (QED) is 0.141. The van der Waals surface area contributed by atoms with E-state index in [0.29, 0.717) is 0 Å². The second-order valence-corrected chi connectivity index (χ2v) is 7.52. The molecule has 0 spiro atoms. The van der Waals surface area contributed by atoms with Gasteiger partial charge in [0.2, 0.25) is 0 Å². The van der Waals surface area contributed by atoms with Crippen molar-refractivity contribution >= 4 is 41.8 Å². The van der Waals surface area contributed by atoms with Gasteiger partial charge in [0.25, 0.3) is 0 Å². The maximum atomic E-state index is 12.1. The summed E-state index contributed by atoms with van der Waals surface area (Å²) in [6.45, 7) is -3.01. The van der Waals surface area contributed by atoms with E-state index in [1.807, 2.05) is 0 Å². The number of carbonyl (C=O) groups is 7. The molecule has 0 bridgehead atoms. The number of benzene rings is 2. The van der Waals surface area contributed by atoms with Gasteiger partial charge in [-0.1, -0.05) is 24.3 Å². The van der Waals surface area contributed by atoms with Crippen LogP contribution < -0.4 is 4.74 Å². The van der Waals surface area contributed by atoms with Crippen molar-refractivity contribution < 1.29 is 71.8 Å². The van der Waals surface area contributed by atoms with E-state index in [4.69, 9.17) is 14.2 Å². The minimum atomic E-state index is -1.07. The highest BCUT2D eigenvalue weighted by molar-refractivity contribution is 5.94. The molecule has 15 nitrogen and oxygen atoms in total. The van der Waals surface area contributed by atoms with Gasteiger partial charge < -0.3 is 38.3 Å². The Morgan fingerprint density at radius 1 is 0.561 bits per heavy atom. The van der Waals surface area contributed by atoms with Gasteiger partial charge in [-0.15, -0.1) is 0 Å². The average molecular weight is 576 g/mol. The van der Waals surface area contributed by atoms with E-state index < -0.39 is 81.4 Å². The Labute approximate surface area is 231 Å². The van der Waals surface area contributed by atoms with Crippen LogP contribution in [0.15, 0.2) is 48.5 Å². The number of carbonyl (C=O) groups excluding carboxylic acids is 7. The first-order valence-electron chi connectivity index (χ1n) is 11.6. The first-order chi connectivity index (χ1) is 19.6. The van der Waals surface area contributed by atoms with Crippen molar-refractivity contribution in [2.24, 2.45) is 0 Å². The van der Waals surface area contributed by atoms with Crippen LogP contribution in [0.2, 0.25) is 0 Å². The Morgan fingerprint density at radius 3 is 1.49 bits per heavy atom. The van der Waals surface area contributed by atoms with E-state index >= 15 is 0 Å². The van der Waals surface area contributed by atoms with Gasteiger partial charge in [0.05, 0.1) is 0 Å². The number of hydrogen-bond acceptors (Lipinski definition) is 15. The SMILES string of the molecule is CC(=O)Oc1ccccc1C(=O)OCC(=O)OCC(=O)OCCOC(=O)COC(=O)COC(=O)c1ccccc1O. The third kappa shape index (κ3) is 11.8. The number of hydrogen-bond donors (Lipinski definition) is 1. The molecule has 2 aromatic rings. The van der Waals surface area contributed by atoms with Gasteiger partial charge in [-0.3, -0.25) is 4.79 Å². The molecule has 0 aliphatic rings. The molecule has 2 aromatic carbocycles. The summed E-state index contributed by atoms with van der Waals surface area (Å²) < 4.78 is 32.9. The van der Waals surface area contributed by atoms with Gasteiger partial charge in [0, 0.05) is 6.92 Å². The lowest BCUT2D eigenvalue weighted by Gasteiger charge is -2.09. The predicted molar refractivity (Wildman–Crippen MR) is 130 cm³/mol. The highest BCUT2D eigenvalue weighted by Crippen LogP contribution is 2.19. The monoisotopic (exact) mass is 576 g/mol. The lowest BCUT2D eigenvalue weighted by molar-refractivity contribution is -0.165. The van der Waals surface area contributed by atoms with Gasteiger partial charge in [-0.25, -0.2) is 28.8 Å². The van der Waals surface area contributed by atoms with Crippen LogP contribution in [0, 0.1) is 0 Å². The first kappa shape index (κ1) is 31.7. The molecule has 218 valence electrons. The number of esters is 7. The van der Waals surface area contributed by atoms with Crippen molar-refractivity contribution in [1.29, 1.82) is 0 Å². The highest BCUT2D eigenvalue weighted by atomic mass is 16.6. The Hall–Kier alpha value is -5.47. The zero-order valence-corrected chi connectivity index (χ0v) is 21.5. The van der Waals surface area contributed by atoms with Gasteiger partial charge in [0.15, 0.2) is 26.4 Å². The molecular weight excluding hydrogens is 552 g/mol. The summed E-state index contributed by atoms with van der Waals surface area (Å²) >= 11 is 0. The summed E-state index contributed by atoms with van der Waals surface area (Å²) in [7, 11) is 0. The van der Waals surface area contributed by atoms with E-state index in [2.05, 4.69) is 18.9 Å². The van der Waals surface area contributed by atoms with Crippen molar-refractivity contribution in [2.45, 2.75) is 6.92 Å². The van der Waals surface area contributed by atoms with Crippen molar-refractivity contribution in [3.63, 3.8) is 0 Å². The average Bonchev–Trinajstić information content (AvgIpc) is 2.94. The molecule has 0 unspecified atom stereocenters. The normalized spacial score (nSPS) is 9.98. The molecule has 0 aromatic heterocycles. The third-order valence-electron chi connectivity index (χ3n) is 4.44. The van der Waals surface area contributed by atoms with E-state index in [1.165, 1.54) is 48.5 Å². The van der Waals surface area contributed by atoms with E-state index in [9.17, 15) is 38.7 Å². The minimum absolute atomic E-state index is 0.0629. The summed E-state index contributed by atoms with van der Waals surface area (Å²) in [5.74, 6) is -7.13. The standard InChI is InChI=1S/C26H24O15/c1-16(27)41-20-9-5-3-7-18(20)26(34)40-15-24(32)38-13-22(30)36-11-10-35-21(29)12-37-23(31)14-39-25(33)17-6-2-4-8-19(17)28/h2-9,28H,10-15H2,1H3. The number of phenols is 1. The molecule has 0 aliphatic carbocycles. The number of para-hydroxylation sites is 2. The van der Waals surface area contributed by atoms with Crippen LogP contribution >= 0.6 is 0 Å². The Balaban J connectivity index is 1.55. The Morgan fingerprint density at radius 2 is 0.976 bits per heavy atom. The van der Waals surface area contributed by atoms with E-state index in [1.54, 1.807) is 0 Å². The second kappa shape index (κ2) is 16.5. The van der Waals surface area contributed by atoms with Crippen LogP contribution in [-0.4, -0.2) is 86.5 Å². The molecule has 0 heterocycles. The van der Waals surface area contributed by atoms with Crippen LogP contribution in [-0.2, 0) is 52.4 Å². The minimum Gasteiger partial charge on any atom is -0.507 e. The largest absolute Gasteiger partial charge is 0.507 e. The fourth-order valence-electron chi connectivity index (χ4n) is 2.69. The van der Waals surface area contributed by atoms with Gasteiger partial charge in [-0.05, 0) is 24.3 Å². The topological polar surface area (TPSA) is 204 Å². The molecule has 41 heavy (non-hydrogen) atoms. The van der Waals surface area contributed by atoms with Crippen molar-refractivity contribution in [3.05, 3.63) is 59.7 Å². The molecule has 0 saturated carbocycles. The molecule has 15 heteroatoms. The van der Waals surface area contributed by atoms with Crippen LogP contribution in [0.1, 0.15) is 27.6 Å². The molecular formula is C26H24O15. The summed E-state index contributed by atoms with van der Waals surface area (Å²) in [5, 5.41) is 9.56. The molecule has 0 atom stereocenters. The van der Waals surface area contributed by atoms with E-state index in [-0.39, 0.29) is 22.6 Å². The fraction of sp³-hybridized carbons (Fsp3) is 0.269. The predicted octanol–water partition coefficient (Wildman–Crippen LogP) is 0.504. The number of aromatic hydroxyl groups is 1. The Kier molecular flexibility index (Phi) is 12.8. The van der Waals surface area contributed by atoms with Crippen LogP contribution in [0.5, 0.6) is 11.5 Å². The first-order valence-corrected chi connectivity index (χ1v) is 11.6. The van der Waals surface area contributed by atoms with Gasteiger partial charge >= 0.3 is 41.8 Å². The van der Waals surface area contributed by atoms with Crippen molar-refractivity contribution in [2.75, 3.05) is 39.6 Å². The zero-order valence-electron chi connectivity index (χ0n) is 21.5. The number of rotatable bonds is 14. The maximum Gasteiger partial charge on any atom is 0.344 e. The highest BCUT2D eigenvalue weighted by Gasteiger charge is 2.18. The number of phenolic OH excluding ortho intramolecular Hbond substituents is 1. The Bertz CT molecular complexity index is 1280. The van der Waals surface area contributed by atoms with E-state index in [0.717, 1.165) is 6.92 Å². The smallest absolute Gasteiger partial charge is 0.344 e. The summed E-state index contributed by atoms with van der Waals surface area (Å²) in [6.07, 6.45) is 0. The summed E-state index contributed by atoms with van der Waals surface area (Å²) in [6, 6.07) is 11.2. The molecule has 0 amide bonds. The van der Waals surface area contributed by atoms with Crippen molar-refractivity contribution in [1.82, 2.24) is 0 Å². The number of ether oxygens (including phenoxy) is 7. The molecule has 0 fully saturated rings. The summed E-state index contributed by atoms with van der Waals surface area (Å²) in [4.78, 5) is 81.6. The van der Waals surface area contributed by atoms with Gasteiger partial charge in [0.1, 0.15) is 35.8 Å². The molecule has 0 radical (unpaired) electrons. The lowest BCUT2D eigenvalue weighted by Crippen LogP contribution is -2.24. The third-order valence-corrected chi connectivity index (χ3v) is 4.44. The van der Waals surface area contributed by atoms with Crippen molar-refractivity contribution in [3.8, 4) is 11.5 Å². The molecule has 0 saturated heterocycles. The molecule has 1 N–H and O–H groups in total. The zero-order chi connectivity index (χ0) is 30.2. The summed E-state index contributed by atoms with van der Waals surface area (Å²) in [5.41, 5.74) is -0.265. The van der Waals surface area contributed by atoms with Crippen LogP contribution in [0.4, 0.5) is 0 Å². The lowest BCUT2D eigenvalue weighted by atomic mass is 10.2. The maximum absolute atomic E-state index is 12.1. The molecule has 2 rings (SSSR count). The second-order valence-electron chi connectivity index (χ2n) is 7.52. The molecule has 0 aliphatic heterocycles. The van der Waals surface area contributed by atoms with Crippen LogP contribution in [0.3, 0.4) is 0 Å². The fourth-order valence-corrected chi connectivity index (χ4v) is 2.69.